The molecule has 0 radical (unpaired) electrons. The number of phenols is 1. The van der Waals surface area contributed by atoms with Crippen molar-refractivity contribution < 1.29 is 24.5 Å². The van der Waals surface area contributed by atoms with Crippen LogP contribution in [-0.4, -0.2) is 23.0 Å². The Bertz CT molecular complexity index is 431. The van der Waals surface area contributed by atoms with Crippen molar-refractivity contribution >= 4 is 6.16 Å². The second-order valence-electron chi connectivity index (χ2n) is 4.94. The third kappa shape index (κ3) is 6.88. The first-order valence-corrected chi connectivity index (χ1v) is 7.50. The first-order valence-electron chi connectivity index (χ1n) is 7.50. The van der Waals surface area contributed by atoms with Crippen molar-refractivity contribution in [2.45, 2.75) is 51.9 Å². The molecule has 1 rings (SSSR count). The van der Waals surface area contributed by atoms with E-state index in [-0.39, 0.29) is 17.2 Å². The Morgan fingerprint density at radius 2 is 1.67 bits per heavy atom. The lowest BCUT2D eigenvalue weighted by atomic mass is 10.1. The number of aromatic hydroxyl groups is 1. The largest absolute Gasteiger partial charge is 0.511 e. The number of ether oxygens (including phenoxy) is 2. The van der Waals surface area contributed by atoms with Gasteiger partial charge >= 0.3 is 6.16 Å². The van der Waals surface area contributed by atoms with E-state index in [1.165, 1.54) is 38.2 Å². The fourth-order valence-electron chi connectivity index (χ4n) is 2.04. The Morgan fingerprint density at radius 1 is 1.05 bits per heavy atom. The van der Waals surface area contributed by atoms with Crippen LogP contribution in [0.3, 0.4) is 0 Å². The van der Waals surface area contributed by atoms with Crippen molar-refractivity contribution in [2.24, 2.45) is 0 Å². The zero-order valence-electron chi connectivity index (χ0n) is 12.5. The number of carbonyl (C=O) groups is 1. The highest BCUT2D eigenvalue weighted by Crippen LogP contribution is 2.35. The quantitative estimate of drug-likeness (QED) is 0.375. The highest BCUT2D eigenvalue weighted by molar-refractivity contribution is 5.64. The standard InChI is InChI=1S/C16H24O5/c1-2-3-4-5-6-7-8-12-20-13-10-9-11-14(15(13)17)21-16(18)19/h9-11,17H,2-8,12H2,1H3,(H,18,19). The third-order valence-electron chi connectivity index (χ3n) is 3.16. The maximum absolute atomic E-state index is 10.5. The number of rotatable bonds is 10. The van der Waals surface area contributed by atoms with Crippen LogP contribution in [0.15, 0.2) is 18.2 Å². The summed E-state index contributed by atoms with van der Waals surface area (Å²) < 4.78 is 9.92. The normalized spacial score (nSPS) is 10.3. The minimum Gasteiger partial charge on any atom is -0.502 e. The minimum absolute atomic E-state index is 0.112. The molecule has 0 aliphatic carbocycles. The average Bonchev–Trinajstić information content (AvgIpc) is 2.45. The summed E-state index contributed by atoms with van der Waals surface area (Å²) in [5.41, 5.74) is 0. The molecule has 0 bridgehead atoms. The molecule has 0 aromatic heterocycles. The van der Waals surface area contributed by atoms with Gasteiger partial charge in [-0.05, 0) is 18.6 Å². The first kappa shape index (κ1) is 17.1. The van der Waals surface area contributed by atoms with Crippen molar-refractivity contribution in [3.63, 3.8) is 0 Å². The smallest absolute Gasteiger partial charge is 0.502 e. The summed E-state index contributed by atoms with van der Waals surface area (Å²) in [5, 5.41) is 18.4. The zero-order chi connectivity index (χ0) is 15.5. The summed E-state index contributed by atoms with van der Waals surface area (Å²) in [5.74, 6) is -0.137. The van der Waals surface area contributed by atoms with Gasteiger partial charge in [0.15, 0.2) is 11.5 Å². The van der Waals surface area contributed by atoms with Gasteiger partial charge in [-0.3, -0.25) is 0 Å². The molecule has 21 heavy (non-hydrogen) atoms. The lowest BCUT2D eigenvalue weighted by Gasteiger charge is -2.10. The molecular weight excluding hydrogens is 272 g/mol. The van der Waals surface area contributed by atoms with Crippen LogP contribution < -0.4 is 9.47 Å². The predicted molar refractivity (Wildman–Crippen MR) is 80.2 cm³/mol. The van der Waals surface area contributed by atoms with Gasteiger partial charge in [-0.25, -0.2) is 4.79 Å². The summed E-state index contributed by atoms with van der Waals surface area (Å²) in [6.45, 7) is 2.69. The van der Waals surface area contributed by atoms with Crippen LogP contribution in [0.25, 0.3) is 0 Å². The molecule has 0 atom stereocenters. The summed E-state index contributed by atoms with van der Waals surface area (Å²) >= 11 is 0. The second-order valence-corrected chi connectivity index (χ2v) is 4.94. The molecule has 0 spiro atoms. The predicted octanol–water partition coefficient (Wildman–Crippen LogP) is 4.58. The van der Waals surface area contributed by atoms with E-state index in [1.807, 2.05) is 0 Å². The second kappa shape index (κ2) is 9.91. The number of hydrogen-bond acceptors (Lipinski definition) is 4. The number of benzene rings is 1. The van der Waals surface area contributed by atoms with Crippen LogP contribution in [0.1, 0.15) is 51.9 Å². The van der Waals surface area contributed by atoms with Crippen LogP contribution in [0, 0.1) is 0 Å². The number of unbranched alkanes of at least 4 members (excludes halogenated alkanes) is 6. The third-order valence-corrected chi connectivity index (χ3v) is 3.16. The van der Waals surface area contributed by atoms with E-state index in [1.54, 1.807) is 12.1 Å². The van der Waals surface area contributed by atoms with E-state index < -0.39 is 6.16 Å². The zero-order valence-corrected chi connectivity index (χ0v) is 12.5. The number of para-hydroxylation sites is 1. The van der Waals surface area contributed by atoms with Crippen LogP contribution in [-0.2, 0) is 0 Å². The molecule has 118 valence electrons. The van der Waals surface area contributed by atoms with Gasteiger partial charge < -0.3 is 19.7 Å². The summed E-state index contributed by atoms with van der Waals surface area (Å²) in [4.78, 5) is 10.5. The fraction of sp³-hybridized carbons (Fsp3) is 0.562. The van der Waals surface area contributed by atoms with E-state index in [0.29, 0.717) is 6.61 Å². The highest BCUT2D eigenvalue weighted by atomic mass is 16.7. The highest BCUT2D eigenvalue weighted by Gasteiger charge is 2.12. The minimum atomic E-state index is -1.46. The molecule has 5 nitrogen and oxygen atoms in total. The molecular formula is C16H24O5. The van der Waals surface area contributed by atoms with Gasteiger partial charge in [0, 0.05) is 0 Å². The Labute approximate surface area is 125 Å². The lowest BCUT2D eigenvalue weighted by molar-refractivity contribution is 0.142. The molecule has 0 fully saturated rings. The molecule has 0 saturated heterocycles. The van der Waals surface area contributed by atoms with Gasteiger partial charge in [0.05, 0.1) is 6.61 Å². The van der Waals surface area contributed by atoms with Crippen molar-refractivity contribution in [2.75, 3.05) is 6.61 Å². The SMILES string of the molecule is CCCCCCCCCOc1cccc(OC(=O)O)c1O. The number of phenolic OH excluding ortho intramolecular Hbond substituents is 1. The summed E-state index contributed by atoms with van der Waals surface area (Å²) in [6.07, 6.45) is 6.81. The van der Waals surface area contributed by atoms with E-state index in [2.05, 4.69) is 11.7 Å². The van der Waals surface area contributed by atoms with E-state index in [9.17, 15) is 9.90 Å². The lowest BCUT2D eigenvalue weighted by Crippen LogP contribution is -2.04. The molecule has 0 saturated carbocycles. The Balaban J connectivity index is 2.27. The van der Waals surface area contributed by atoms with Crippen LogP contribution in [0.2, 0.25) is 0 Å². The molecule has 2 N–H and O–H groups in total. The fourth-order valence-corrected chi connectivity index (χ4v) is 2.04. The maximum atomic E-state index is 10.5. The van der Waals surface area contributed by atoms with Crippen LogP contribution in [0.4, 0.5) is 4.79 Å². The van der Waals surface area contributed by atoms with Gasteiger partial charge in [0.2, 0.25) is 5.75 Å². The number of hydrogen-bond donors (Lipinski definition) is 2. The summed E-state index contributed by atoms with van der Waals surface area (Å²) in [6, 6.07) is 4.55. The van der Waals surface area contributed by atoms with E-state index >= 15 is 0 Å². The summed E-state index contributed by atoms with van der Waals surface area (Å²) in [7, 11) is 0. The molecule has 5 heteroatoms. The van der Waals surface area contributed by atoms with Gasteiger partial charge in [-0.1, -0.05) is 51.5 Å². The first-order chi connectivity index (χ1) is 10.1. The van der Waals surface area contributed by atoms with Gasteiger partial charge in [0.1, 0.15) is 0 Å². The Morgan fingerprint density at radius 3 is 2.33 bits per heavy atom. The Hall–Kier alpha value is -1.91. The van der Waals surface area contributed by atoms with Crippen LogP contribution >= 0.6 is 0 Å². The molecule has 0 aliphatic heterocycles. The van der Waals surface area contributed by atoms with Gasteiger partial charge in [-0.15, -0.1) is 0 Å². The van der Waals surface area contributed by atoms with Crippen molar-refractivity contribution in [3.8, 4) is 17.2 Å². The van der Waals surface area contributed by atoms with Gasteiger partial charge in [0.25, 0.3) is 0 Å². The molecule has 1 aromatic carbocycles. The number of carboxylic acid groups (broad SMARTS) is 1. The van der Waals surface area contributed by atoms with E-state index in [4.69, 9.17) is 9.84 Å². The average molecular weight is 296 g/mol. The van der Waals surface area contributed by atoms with E-state index in [0.717, 1.165) is 12.8 Å². The van der Waals surface area contributed by atoms with Crippen molar-refractivity contribution in [1.82, 2.24) is 0 Å². The molecule has 1 aromatic rings. The van der Waals surface area contributed by atoms with Crippen molar-refractivity contribution in [3.05, 3.63) is 18.2 Å². The van der Waals surface area contributed by atoms with Crippen molar-refractivity contribution in [1.29, 1.82) is 0 Å². The van der Waals surface area contributed by atoms with Crippen LogP contribution in [0.5, 0.6) is 17.2 Å². The molecule has 0 aliphatic rings. The molecule has 0 amide bonds. The Kier molecular flexibility index (Phi) is 8.09. The van der Waals surface area contributed by atoms with Gasteiger partial charge in [-0.2, -0.15) is 0 Å². The monoisotopic (exact) mass is 296 g/mol. The molecule has 0 heterocycles. The molecule has 0 unspecified atom stereocenters. The topological polar surface area (TPSA) is 76.0 Å². The maximum Gasteiger partial charge on any atom is 0.511 e.